The molecule has 0 atom stereocenters. The van der Waals surface area contributed by atoms with Crippen LogP contribution in [0.5, 0.6) is 0 Å². The Balaban J connectivity index is 1.45. The SMILES string of the molecule is Cc1ccc(C(=O)NCC(=O)N2CCN(C(=O)c3cccs3)CC2)cc1. The molecule has 1 aliphatic heterocycles. The van der Waals surface area contributed by atoms with Gasteiger partial charge in [-0.1, -0.05) is 23.8 Å². The lowest BCUT2D eigenvalue weighted by atomic mass is 10.1. The van der Waals surface area contributed by atoms with Gasteiger partial charge in [-0.05, 0) is 30.5 Å². The number of hydrogen-bond acceptors (Lipinski definition) is 4. The Morgan fingerprint density at radius 2 is 1.65 bits per heavy atom. The molecule has 0 radical (unpaired) electrons. The molecule has 0 aliphatic carbocycles. The molecule has 2 heterocycles. The third kappa shape index (κ3) is 4.29. The van der Waals surface area contributed by atoms with E-state index >= 15 is 0 Å². The maximum absolute atomic E-state index is 12.3. The molecule has 1 saturated heterocycles. The molecule has 7 heteroatoms. The highest BCUT2D eigenvalue weighted by Crippen LogP contribution is 2.14. The minimum atomic E-state index is -0.259. The lowest BCUT2D eigenvalue weighted by Crippen LogP contribution is -2.52. The van der Waals surface area contributed by atoms with Crippen LogP contribution in [0.15, 0.2) is 41.8 Å². The van der Waals surface area contributed by atoms with Crippen LogP contribution in [0, 0.1) is 6.92 Å². The summed E-state index contributed by atoms with van der Waals surface area (Å²) in [5, 5.41) is 4.54. The number of piperazine rings is 1. The molecule has 0 unspecified atom stereocenters. The lowest BCUT2D eigenvalue weighted by molar-refractivity contribution is -0.131. The van der Waals surface area contributed by atoms with E-state index in [4.69, 9.17) is 0 Å². The van der Waals surface area contributed by atoms with Crippen molar-refractivity contribution in [1.82, 2.24) is 15.1 Å². The van der Waals surface area contributed by atoms with Crippen molar-refractivity contribution in [2.45, 2.75) is 6.92 Å². The van der Waals surface area contributed by atoms with Crippen LogP contribution in [0.1, 0.15) is 25.6 Å². The van der Waals surface area contributed by atoms with E-state index in [1.807, 2.05) is 36.6 Å². The summed E-state index contributed by atoms with van der Waals surface area (Å²) >= 11 is 1.42. The van der Waals surface area contributed by atoms with Crippen molar-refractivity contribution in [3.05, 3.63) is 57.8 Å². The van der Waals surface area contributed by atoms with Crippen LogP contribution in [-0.4, -0.2) is 60.2 Å². The topological polar surface area (TPSA) is 69.7 Å². The summed E-state index contributed by atoms with van der Waals surface area (Å²) in [4.78, 5) is 40.9. The maximum Gasteiger partial charge on any atom is 0.264 e. The number of rotatable bonds is 4. The fourth-order valence-electron chi connectivity index (χ4n) is 2.79. The molecular weight excluding hydrogens is 350 g/mol. The fraction of sp³-hybridized carbons (Fsp3) is 0.316. The van der Waals surface area contributed by atoms with Crippen LogP contribution in [-0.2, 0) is 4.79 Å². The first kappa shape index (κ1) is 18.1. The lowest BCUT2D eigenvalue weighted by Gasteiger charge is -2.34. The molecule has 1 aliphatic rings. The Bertz CT molecular complexity index is 779. The first-order valence-electron chi connectivity index (χ1n) is 8.50. The second kappa shape index (κ2) is 8.14. The molecule has 3 rings (SSSR count). The van der Waals surface area contributed by atoms with Gasteiger partial charge in [-0.2, -0.15) is 0 Å². The van der Waals surface area contributed by atoms with Crippen LogP contribution in [0.3, 0.4) is 0 Å². The zero-order chi connectivity index (χ0) is 18.5. The second-order valence-corrected chi connectivity index (χ2v) is 7.15. The van der Waals surface area contributed by atoms with Crippen molar-refractivity contribution in [3.63, 3.8) is 0 Å². The standard InChI is InChI=1S/C19H21N3O3S/c1-14-4-6-15(7-5-14)18(24)20-13-17(23)21-8-10-22(11-9-21)19(25)16-3-2-12-26-16/h2-7,12H,8-11,13H2,1H3,(H,20,24). The van der Waals surface area contributed by atoms with Crippen LogP contribution in [0.2, 0.25) is 0 Å². The zero-order valence-corrected chi connectivity index (χ0v) is 15.4. The molecular formula is C19H21N3O3S. The number of nitrogens with zero attached hydrogens (tertiary/aromatic N) is 2. The summed E-state index contributed by atoms with van der Waals surface area (Å²) in [5.41, 5.74) is 1.61. The number of amides is 3. The third-order valence-electron chi connectivity index (χ3n) is 4.37. The molecule has 0 saturated carbocycles. The fourth-order valence-corrected chi connectivity index (χ4v) is 3.48. The van der Waals surface area contributed by atoms with Crippen molar-refractivity contribution in [2.24, 2.45) is 0 Å². The van der Waals surface area contributed by atoms with Crippen LogP contribution in [0.4, 0.5) is 0 Å². The number of aryl methyl sites for hydroxylation is 1. The normalized spacial score (nSPS) is 14.2. The Morgan fingerprint density at radius 3 is 2.27 bits per heavy atom. The maximum atomic E-state index is 12.3. The molecule has 2 aromatic rings. The van der Waals surface area contributed by atoms with Gasteiger partial charge in [-0.3, -0.25) is 14.4 Å². The highest BCUT2D eigenvalue weighted by molar-refractivity contribution is 7.12. The summed E-state index contributed by atoms with van der Waals surface area (Å²) in [5.74, 6) is -0.377. The second-order valence-electron chi connectivity index (χ2n) is 6.20. The van der Waals surface area contributed by atoms with Crippen molar-refractivity contribution < 1.29 is 14.4 Å². The highest BCUT2D eigenvalue weighted by Gasteiger charge is 2.25. The summed E-state index contributed by atoms with van der Waals surface area (Å²) in [7, 11) is 0. The Labute approximate surface area is 156 Å². The smallest absolute Gasteiger partial charge is 0.264 e. The average Bonchev–Trinajstić information content (AvgIpc) is 3.20. The van der Waals surface area contributed by atoms with Gasteiger partial charge >= 0.3 is 0 Å². The van der Waals surface area contributed by atoms with Crippen molar-refractivity contribution in [3.8, 4) is 0 Å². The minimum absolute atomic E-state index is 0.0137. The van der Waals surface area contributed by atoms with E-state index in [9.17, 15) is 14.4 Å². The van der Waals surface area contributed by atoms with Gasteiger partial charge in [0.1, 0.15) is 0 Å². The van der Waals surface area contributed by atoms with Gasteiger partial charge in [-0.25, -0.2) is 0 Å². The molecule has 1 aromatic heterocycles. The van der Waals surface area contributed by atoms with Crippen molar-refractivity contribution in [2.75, 3.05) is 32.7 Å². The summed E-state index contributed by atoms with van der Waals surface area (Å²) in [6.45, 7) is 3.90. The third-order valence-corrected chi connectivity index (χ3v) is 5.22. The average molecular weight is 371 g/mol. The Hall–Kier alpha value is -2.67. The van der Waals surface area contributed by atoms with Crippen molar-refractivity contribution in [1.29, 1.82) is 0 Å². The van der Waals surface area contributed by atoms with E-state index in [1.165, 1.54) is 11.3 Å². The monoisotopic (exact) mass is 371 g/mol. The number of carbonyl (C=O) groups excluding carboxylic acids is 3. The molecule has 6 nitrogen and oxygen atoms in total. The number of nitrogens with one attached hydrogen (secondary N) is 1. The largest absolute Gasteiger partial charge is 0.343 e. The van der Waals surface area contributed by atoms with E-state index in [1.54, 1.807) is 21.9 Å². The molecule has 1 fully saturated rings. The van der Waals surface area contributed by atoms with Gasteiger partial charge in [0.05, 0.1) is 11.4 Å². The van der Waals surface area contributed by atoms with E-state index in [0.717, 1.165) is 10.4 Å². The van der Waals surface area contributed by atoms with E-state index < -0.39 is 0 Å². The minimum Gasteiger partial charge on any atom is -0.343 e. The first-order chi connectivity index (χ1) is 12.5. The predicted octanol–water partition coefficient (Wildman–Crippen LogP) is 1.77. The summed E-state index contributed by atoms with van der Waals surface area (Å²) < 4.78 is 0. The number of benzene rings is 1. The van der Waals surface area contributed by atoms with E-state index in [2.05, 4.69) is 5.32 Å². The zero-order valence-electron chi connectivity index (χ0n) is 14.6. The van der Waals surface area contributed by atoms with Crippen LogP contribution < -0.4 is 5.32 Å². The van der Waals surface area contributed by atoms with Crippen LogP contribution >= 0.6 is 11.3 Å². The molecule has 1 N–H and O–H groups in total. The molecule has 0 spiro atoms. The van der Waals surface area contributed by atoms with Crippen molar-refractivity contribution >= 4 is 29.1 Å². The van der Waals surface area contributed by atoms with Gasteiger partial charge in [0.2, 0.25) is 5.91 Å². The van der Waals surface area contributed by atoms with Gasteiger partial charge in [0, 0.05) is 31.7 Å². The number of carbonyl (C=O) groups is 3. The highest BCUT2D eigenvalue weighted by atomic mass is 32.1. The molecule has 26 heavy (non-hydrogen) atoms. The quantitative estimate of drug-likeness (QED) is 0.891. The molecule has 3 amide bonds. The van der Waals surface area contributed by atoms with Gasteiger partial charge < -0.3 is 15.1 Å². The van der Waals surface area contributed by atoms with Gasteiger partial charge in [-0.15, -0.1) is 11.3 Å². The number of hydrogen-bond donors (Lipinski definition) is 1. The summed E-state index contributed by atoms with van der Waals surface area (Å²) in [6.07, 6.45) is 0. The summed E-state index contributed by atoms with van der Waals surface area (Å²) in [6, 6.07) is 10.9. The molecule has 0 bridgehead atoms. The Kier molecular flexibility index (Phi) is 5.68. The van der Waals surface area contributed by atoms with E-state index in [0.29, 0.717) is 31.7 Å². The van der Waals surface area contributed by atoms with Gasteiger partial charge in [0.15, 0.2) is 0 Å². The predicted molar refractivity (Wildman–Crippen MR) is 100 cm³/mol. The molecule has 1 aromatic carbocycles. The van der Waals surface area contributed by atoms with E-state index in [-0.39, 0.29) is 24.3 Å². The molecule has 136 valence electrons. The number of thiophene rings is 1. The van der Waals surface area contributed by atoms with Gasteiger partial charge in [0.25, 0.3) is 11.8 Å². The van der Waals surface area contributed by atoms with Crippen LogP contribution in [0.25, 0.3) is 0 Å². The Morgan fingerprint density at radius 1 is 1.00 bits per heavy atom. The first-order valence-corrected chi connectivity index (χ1v) is 9.38.